The predicted octanol–water partition coefficient (Wildman–Crippen LogP) is 0.172. The van der Waals surface area contributed by atoms with Gasteiger partial charge in [-0.2, -0.15) is 0 Å². The molecule has 7 nitrogen and oxygen atoms in total. The number of amides is 3. The van der Waals surface area contributed by atoms with Crippen molar-refractivity contribution in [2.75, 3.05) is 25.0 Å². The van der Waals surface area contributed by atoms with E-state index in [1.165, 1.54) is 36.2 Å². The van der Waals surface area contributed by atoms with E-state index < -0.39 is 30.3 Å². The topological polar surface area (TPSA) is 98.7 Å². The van der Waals surface area contributed by atoms with Gasteiger partial charge in [0.15, 0.2) is 0 Å². The second-order valence-corrected chi connectivity index (χ2v) is 3.86. The lowest BCUT2D eigenvalue weighted by atomic mass is 10.3. The molecule has 0 spiro atoms. The Morgan fingerprint density at radius 1 is 1.15 bits per heavy atom. The summed E-state index contributed by atoms with van der Waals surface area (Å²) in [5, 5.41) is 12.8. The van der Waals surface area contributed by atoms with Gasteiger partial charge in [-0.1, -0.05) is 0 Å². The van der Waals surface area contributed by atoms with Gasteiger partial charge in [-0.3, -0.25) is 14.5 Å². The minimum atomic E-state index is -1.17. The molecule has 1 aromatic rings. The number of urea groups is 1. The van der Waals surface area contributed by atoms with Gasteiger partial charge in [0.2, 0.25) is 5.91 Å². The number of carbonyl (C=O) groups is 3. The number of rotatable bonds is 5. The van der Waals surface area contributed by atoms with Crippen LogP contribution in [-0.4, -0.2) is 43.2 Å². The number of benzene rings is 1. The smallest absolute Gasteiger partial charge is 0.322 e. The van der Waals surface area contributed by atoms with E-state index >= 15 is 0 Å². The van der Waals surface area contributed by atoms with Gasteiger partial charge in [-0.05, 0) is 24.3 Å². The van der Waals surface area contributed by atoms with E-state index in [1.807, 2.05) is 0 Å². The monoisotopic (exact) mass is 283 g/mol. The lowest BCUT2D eigenvalue weighted by Gasteiger charge is -2.17. The Morgan fingerprint density at radius 3 is 2.30 bits per heavy atom. The Balaban J connectivity index is 2.44. The molecule has 0 aliphatic rings. The summed E-state index contributed by atoms with van der Waals surface area (Å²) in [6, 6.07) is 4.68. The molecule has 1 rings (SSSR count). The third-order valence-corrected chi connectivity index (χ3v) is 2.36. The van der Waals surface area contributed by atoms with Crippen molar-refractivity contribution < 1.29 is 23.9 Å². The first-order chi connectivity index (χ1) is 9.40. The molecule has 1 aromatic carbocycles. The lowest BCUT2D eigenvalue weighted by Crippen LogP contribution is -2.43. The summed E-state index contributed by atoms with van der Waals surface area (Å²) in [6.07, 6.45) is 0. The minimum Gasteiger partial charge on any atom is -0.480 e. The molecule has 3 N–H and O–H groups in total. The van der Waals surface area contributed by atoms with Gasteiger partial charge in [-0.15, -0.1) is 0 Å². The van der Waals surface area contributed by atoms with Crippen molar-refractivity contribution in [2.45, 2.75) is 0 Å². The number of carboxylic acids is 1. The van der Waals surface area contributed by atoms with Crippen LogP contribution in [0.3, 0.4) is 0 Å². The Hall–Kier alpha value is -2.64. The molecule has 0 atom stereocenters. The number of anilines is 1. The standard InChI is InChI=1S/C12H14FN3O4/c1-16(9-4-2-8(13)3-5-9)12(20)15-6-10(17)14-7-11(18)19/h2-5H,6-7H2,1H3,(H,14,17)(H,15,20)(H,18,19). The molecule has 8 heteroatoms. The Kier molecular flexibility index (Phi) is 5.45. The molecule has 0 heterocycles. The van der Waals surface area contributed by atoms with Gasteiger partial charge in [0.1, 0.15) is 12.4 Å². The van der Waals surface area contributed by atoms with Crippen LogP contribution in [0.15, 0.2) is 24.3 Å². The average Bonchev–Trinajstić information content (AvgIpc) is 2.42. The highest BCUT2D eigenvalue weighted by Crippen LogP contribution is 2.12. The van der Waals surface area contributed by atoms with Gasteiger partial charge in [-0.25, -0.2) is 9.18 Å². The Bertz CT molecular complexity index is 504. The fourth-order valence-electron chi connectivity index (χ4n) is 1.29. The summed E-state index contributed by atoms with van der Waals surface area (Å²) < 4.78 is 12.7. The predicted molar refractivity (Wildman–Crippen MR) is 68.8 cm³/mol. The SMILES string of the molecule is CN(C(=O)NCC(=O)NCC(=O)O)c1ccc(F)cc1. The van der Waals surface area contributed by atoms with Crippen molar-refractivity contribution in [2.24, 2.45) is 0 Å². The third kappa shape index (κ3) is 4.92. The number of aliphatic carboxylic acids is 1. The second-order valence-electron chi connectivity index (χ2n) is 3.86. The number of carboxylic acid groups (broad SMARTS) is 1. The molecule has 0 aliphatic heterocycles. The third-order valence-electron chi connectivity index (χ3n) is 2.36. The number of nitrogens with one attached hydrogen (secondary N) is 2. The first-order valence-corrected chi connectivity index (χ1v) is 5.65. The molecular formula is C12H14FN3O4. The van der Waals surface area contributed by atoms with E-state index in [0.717, 1.165) is 0 Å². The van der Waals surface area contributed by atoms with Gasteiger partial charge < -0.3 is 15.7 Å². The summed E-state index contributed by atoms with van der Waals surface area (Å²) in [4.78, 5) is 34.3. The van der Waals surface area contributed by atoms with E-state index in [-0.39, 0.29) is 6.54 Å². The molecular weight excluding hydrogens is 269 g/mol. The normalized spacial score (nSPS) is 9.70. The Morgan fingerprint density at radius 2 is 1.75 bits per heavy atom. The van der Waals surface area contributed by atoms with Gasteiger partial charge in [0, 0.05) is 12.7 Å². The molecule has 108 valence electrons. The quantitative estimate of drug-likeness (QED) is 0.717. The van der Waals surface area contributed by atoms with Crippen LogP contribution in [-0.2, 0) is 9.59 Å². The number of hydrogen-bond acceptors (Lipinski definition) is 3. The molecule has 0 radical (unpaired) electrons. The molecule has 0 saturated carbocycles. The van der Waals surface area contributed by atoms with Gasteiger partial charge in [0.05, 0.1) is 6.54 Å². The maximum atomic E-state index is 12.7. The van der Waals surface area contributed by atoms with E-state index in [0.29, 0.717) is 5.69 Å². The Labute approximate surface area is 114 Å². The number of nitrogens with zero attached hydrogens (tertiary/aromatic N) is 1. The van der Waals surface area contributed by atoms with Crippen LogP contribution in [0.4, 0.5) is 14.9 Å². The van der Waals surface area contributed by atoms with E-state index in [9.17, 15) is 18.8 Å². The van der Waals surface area contributed by atoms with Crippen LogP contribution in [0.1, 0.15) is 0 Å². The largest absolute Gasteiger partial charge is 0.480 e. The fraction of sp³-hybridized carbons (Fsp3) is 0.250. The molecule has 20 heavy (non-hydrogen) atoms. The highest BCUT2D eigenvalue weighted by molar-refractivity contribution is 5.94. The maximum Gasteiger partial charge on any atom is 0.322 e. The first kappa shape index (κ1) is 15.4. The summed E-state index contributed by atoms with van der Waals surface area (Å²) >= 11 is 0. The molecule has 0 aliphatic carbocycles. The molecule has 0 unspecified atom stereocenters. The van der Waals surface area contributed by atoms with Crippen LogP contribution in [0, 0.1) is 5.82 Å². The number of carbonyl (C=O) groups excluding carboxylic acids is 2. The van der Waals surface area contributed by atoms with Crippen LogP contribution in [0.2, 0.25) is 0 Å². The first-order valence-electron chi connectivity index (χ1n) is 5.65. The molecule has 0 saturated heterocycles. The van der Waals surface area contributed by atoms with Crippen molar-refractivity contribution in [3.8, 4) is 0 Å². The highest BCUT2D eigenvalue weighted by Gasteiger charge is 2.12. The van der Waals surface area contributed by atoms with E-state index in [1.54, 1.807) is 0 Å². The fourth-order valence-corrected chi connectivity index (χ4v) is 1.29. The second kappa shape index (κ2) is 7.07. The van der Waals surface area contributed by atoms with Crippen LogP contribution >= 0.6 is 0 Å². The summed E-state index contributed by atoms with van der Waals surface area (Å²) in [7, 11) is 1.46. The van der Waals surface area contributed by atoms with Crippen LogP contribution in [0.25, 0.3) is 0 Å². The van der Waals surface area contributed by atoms with Crippen LogP contribution < -0.4 is 15.5 Å². The van der Waals surface area contributed by atoms with E-state index in [4.69, 9.17) is 5.11 Å². The number of halogens is 1. The van der Waals surface area contributed by atoms with Crippen molar-refractivity contribution in [3.63, 3.8) is 0 Å². The number of hydrogen-bond donors (Lipinski definition) is 3. The van der Waals surface area contributed by atoms with Crippen molar-refractivity contribution in [1.82, 2.24) is 10.6 Å². The molecule has 0 aromatic heterocycles. The molecule has 0 bridgehead atoms. The zero-order valence-corrected chi connectivity index (χ0v) is 10.7. The summed E-state index contributed by atoms with van der Waals surface area (Å²) in [5.41, 5.74) is 0.454. The van der Waals surface area contributed by atoms with Crippen LogP contribution in [0.5, 0.6) is 0 Å². The average molecular weight is 283 g/mol. The molecule has 0 fully saturated rings. The molecule has 3 amide bonds. The minimum absolute atomic E-state index is 0.350. The maximum absolute atomic E-state index is 12.7. The van der Waals surface area contributed by atoms with E-state index in [2.05, 4.69) is 10.6 Å². The lowest BCUT2D eigenvalue weighted by molar-refractivity contribution is -0.137. The van der Waals surface area contributed by atoms with Gasteiger partial charge >= 0.3 is 12.0 Å². The van der Waals surface area contributed by atoms with Crippen molar-refractivity contribution in [3.05, 3.63) is 30.1 Å². The summed E-state index contributed by atoms with van der Waals surface area (Å²) in [6.45, 7) is -0.861. The highest BCUT2D eigenvalue weighted by atomic mass is 19.1. The van der Waals surface area contributed by atoms with Crippen molar-refractivity contribution in [1.29, 1.82) is 0 Å². The van der Waals surface area contributed by atoms with Crippen molar-refractivity contribution >= 4 is 23.6 Å². The van der Waals surface area contributed by atoms with Gasteiger partial charge in [0.25, 0.3) is 0 Å². The summed E-state index contributed by atoms with van der Waals surface area (Å²) in [5.74, 6) is -2.21. The zero-order chi connectivity index (χ0) is 15.1. The zero-order valence-electron chi connectivity index (χ0n) is 10.7.